The van der Waals surface area contributed by atoms with Crippen LogP contribution < -0.4 is 0 Å². The molecule has 0 aliphatic carbocycles. The number of ether oxygens (including phenoxy) is 1. The molecule has 0 aromatic heterocycles. The van der Waals surface area contributed by atoms with Crippen LogP contribution in [0, 0.1) is 0 Å². The highest BCUT2D eigenvalue weighted by atomic mass is 35.5. The van der Waals surface area contributed by atoms with Gasteiger partial charge in [-0.05, 0) is 12.8 Å². The standard InChI is InChI=1S/C8H14ClNO5Si/c1-12-16(13-2)10-5-3-4-8(10,9)7(11)14-6-15-16/h3-6H2,1-2H3. The van der Waals surface area contributed by atoms with E-state index in [0.717, 1.165) is 6.42 Å². The van der Waals surface area contributed by atoms with Gasteiger partial charge in [0.05, 0.1) is 0 Å². The Morgan fingerprint density at radius 1 is 1.50 bits per heavy atom. The van der Waals surface area contributed by atoms with Gasteiger partial charge in [0.2, 0.25) is 0 Å². The van der Waals surface area contributed by atoms with Crippen molar-refractivity contribution < 1.29 is 22.8 Å². The monoisotopic (exact) mass is 267 g/mol. The van der Waals surface area contributed by atoms with Gasteiger partial charge in [-0.1, -0.05) is 11.6 Å². The van der Waals surface area contributed by atoms with E-state index in [1.165, 1.54) is 14.2 Å². The van der Waals surface area contributed by atoms with Crippen LogP contribution in [-0.4, -0.2) is 52.1 Å². The number of fused-ring (bicyclic) bond motifs is 1. The van der Waals surface area contributed by atoms with E-state index in [1.807, 2.05) is 0 Å². The summed E-state index contributed by atoms with van der Waals surface area (Å²) in [6, 6.07) is 0. The maximum absolute atomic E-state index is 11.8. The SMILES string of the molecule is CO[Si]1(OC)OCOC(=O)C2(Cl)CCCN21. The van der Waals surface area contributed by atoms with Crippen molar-refractivity contribution in [3.8, 4) is 0 Å². The van der Waals surface area contributed by atoms with Crippen molar-refractivity contribution in [1.82, 2.24) is 4.57 Å². The molecular weight excluding hydrogens is 254 g/mol. The molecule has 0 N–H and O–H groups in total. The Labute approximate surface area is 99.8 Å². The first-order valence-electron chi connectivity index (χ1n) is 4.97. The van der Waals surface area contributed by atoms with Crippen molar-refractivity contribution in [1.29, 1.82) is 0 Å². The predicted molar refractivity (Wildman–Crippen MR) is 56.3 cm³/mol. The molecule has 2 heterocycles. The van der Waals surface area contributed by atoms with Gasteiger partial charge >= 0.3 is 14.9 Å². The molecular formula is C8H14ClNO5Si. The third-order valence-electron chi connectivity index (χ3n) is 2.91. The molecule has 0 aromatic rings. The number of alkyl halides is 1. The van der Waals surface area contributed by atoms with Crippen LogP contribution in [0.3, 0.4) is 0 Å². The predicted octanol–water partition coefficient (Wildman–Crippen LogP) is 0.277. The number of cyclic esters (lactones) is 1. The number of halogens is 1. The van der Waals surface area contributed by atoms with Gasteiger partial charge in [-0.2, -0.15) is 0 Å². The van der Waals surface area contributed by atoms with Crippen LogP contribution in [0.5, 0.6) is 0 Å². The molecule has 0 bridgehead atoms. The third-order valence-corrected chi connectivity index (χ3v) is 6.38. The molecule has 0 saturated carbocycles. The van der Waals surface area contributed by atoms with E-state index >= 15 is 0 Å². The van der Waals surface area contributed by atoms with Gasteiger partial charge in [0, 0.05) is 20.8 Å². The largest absolute Gasteiger partial charge is 0.603 e. The molecule has 92 valence electrons. The first kappa shape index (κ1) is 12.3. The molecule has 0 spiro atoms. The van der Waals surface area contributed by atoms with Crippen LogP contribution in [0.2, 0.25) is 0 Å². The normalized spacial score (nSPS) is 34.3. The van der Waals surface area contributed by atoms with E-state index in [0.29, 0.717) is 13.0 Å². The zero-order valence-electron chi connectivity index (χ0n) is 9.19. The van der Waals surface area contributed by atoms with E-state index in [4.69, 9.17) is 29.6 Å². The molecule has 0 aromatic carbocycles. The lowest BCUT2D eigenvalue weighted by molar-refractivity contribution is -0.153. The van der Waals surface area contributed by atoms with Crippen molar-refractivity contribution in [2.45, 2.75) is 17.8 Å². The lowest BCUT2D eigenvalue weighted by Gasteiger charge is -2.36. The third kappa shape index (κ3) is 1.59. The van der Waals surface area contributed by atoms with E-state index in [9.17, 15) is 4.79 Å². The molecule has 0 amide bonds. The fraction of sp³-hybridized carbons (Fsp3) is 0.875. The Bertz CT molecular complexity index is 300. The maximum Gasteiger partial charge on any atom is 0.603 e. The van der Waals surface area contributed by atoms with Gasteiger partial charge in [0.15, 0.2) is 11.8 Å². The summed E-state index contributed by atoms with van der Waals surface area (Å²) in [5, 5.41) is 0. The highest BCUT2D eigenvalue weighted by Gasteiger charge is 2.63. The first-order chi connectivity index (χ1) is 7.59. The second-order valence-electron chi connectivity index (χ2n) is 3.64. The van der Waals surface area contributed by atoms with Gasteiger partial charge in [-0.3, -0.25) is 0 Å². The van der Waals surface area contributed by atoms with Gasteiger partial charge in [-0.15, -0.1) is 0 Å². The van der Waals surface area contributed by atoms with E-state index in [-0.39, 0.29) is 6.79 Å². The minimum atomic E-state index is -3.07. The molecule has 6 nitrogen and oxygen atoms in total. The highest BCUT2D eigenvalue weighted by molar-refractivity contribution is 6.60. The van der Waals surface area contributed by atoms with Crippen LogP contribution in [0.4, 0.5) is 0 Å². The number of esters is 1. The Balaban J connectivity index is 2.39. The summed E-state index contributed by atoms with van der Waals surface area (Å²) in [6.45, 7) is 0.421. The number of carbonyl (C=O) groups excluding carboxylic acids is 1. The second kappa shape index (κ2) is 4.24. The van der Waals surface area contributed by atoms with E-state index in [2.05, 4.69) is 0 Å². The highest BCUT2D eigenvalue weighted by Crippen LogP contribution is 2.40. The molecule has 0 radical (unpaired) electrons. The number of carbonyl (C=O) groups is 1. The van der Waals surface area contributed by atoms with E-state index in [1.54, 1.807) is 4.57 Å². The number of hydrogen-bond donors (Lipinski definition) is 0. The van der Waals surface area contributed by atoms with Crippen LogP contribution in [0.1, 0.15) is 12.8 Å². The summed E-state index contributed by atoms with van der Waals surface area (Å²) in [5.74, 6) is -0.491. The van der Waals surface area contributed by atoms with Crippen molar-refractivity contribution in [2.75, 3.05) is 27.6 Å². The summed E-state index contributed by atoms with van der Waals surface area (Å²) in [6.07, 6.45) is 1.29. The Hall–Kier alpha value is -0.183. The minimum absolute atomic E-state index is 0.183. The maximum atomic E-state index is 11.8. The number of hydrogen-bond acceptors (Lipinski definition) is 6. The van der Waals surface area contributed by atoms with Crippen molar-refractivity contribution in [3.63, 3.8) is 0 Å². The minimum Gasteiger partial charge on any atom is -0.437 e. The smallest absolute Gasteiger partial charge is 0.437 e. The number of nitrogens with zero attached hydrogens (tertiary/aromatic N) is 1. The molecule has 16 heavy (non-hydrogen) atoms. The fourth-order valence-electron chi connectivity index (χ4n) is 2.12. The summed E-state index contributed by atoms with van der Waals surface area (Å²) >= 11 is 6.32. The molecule has 8 heteroatoms. The van der Waals surface area contributed by atoms with Crippen molar-refractivity contribution in [2.24, 2.45) is 0 Å². The Morgan fingerprint density at radius 3 is 2.81 bits per heavy atom. The zero-order chi connectivity index (χ0) is 11.8. The summed E-state index contributed by atoms with van der Waals surface area (Å²) in [5.41, 5.74) is 0. The quantitative estimate of drug-likeness (QED) is 0.310. The van der Waals surface area contributed by atoms with Crippen LogP contribution in [-0.2, 0) is 22.8 Å². The van der Waals surface area contributed by atoms with Crippen LogP contribution in [0.15, 0.2) is 0 Å². The summed E-state index contributed by atoms with van der Waals surface area (Å²) in [7, 11) is -0.0950. The molecule has 1 unspecified atom stereocenters. The van der Waals surface area contributed by atoms with Crippen molar-refractivity contribution >= 4 is 26.5 Å². The van der Waals surface area contributed by atoms with Crippen molar-refractivity contribution in [3.05, 3.63) is 0 Å². The van der Waals surface area contributed by atoms with Crippen LogP contribution >= 0.6 is 11.6 Å². The zero-order valence-corrected chi connectivity index (χ0v) is 11.0. The molecule has 2 aliphatic heterocycles. The average molecular weight is 268 g/mol. The molecule has 1 atom stereocenters. The summed E-state index contributed by atoms with van der Waals surface area (Å²) < 4.78 is 22.7. The summed E-state index contributed by atoms with van der Waals surface area (Å²) in [4.78, 5) is 10.6. The first-order valence-corrected chi connectivity index (χ1v) is 7.02. The second-order valence-corrected chi connectivity index (χ2v) is 6.96. The van der Waals surface area contributed by atoms with Gasteiger partial charge in [0.25, 0.3) is 0 Å². The molecule has 2 saturated heterocycles. The Morgan fingerprint density at radius 2 is 2.19 bits per heavy atom. The van der Waals surface area contributed by atoms with Gasteiger partial charge in [0.1, 0.15) is 0 Å². The topological polar surface area (TPSA) is 57.2 Å². The van der Waals surface area contributed by atoms with Crippen LogP contribution in [0.25, 0.3) is 0 Å². The van der Waals surface area contributed by atoms with Gasteiger partial charge in [-0.25, -0.2) is 9.36 Å². The lowest BCUT2D eigenvalue weighted by atomic mass is 10.2. The molecule has 2 aliphatic rings. The average Bonchev–Trinajstić information content (AvgIpc) is 2.65. The molecule has 2 rings (SSSR count). The van der Waals surface area contributed by atoms with Gasteiger partial charge < -0.3 is 18.0 Å². The lowest BCUT2D eigenvalue weighted by Crippen LogP contribution is -2.64. The molecule has 2 fully saturated rings. The fourth-order valence-corrected chi connectivity index (χ4v) is 4.98. The van der Waals surface area contributed by atoms with E-state index < -0.39 is 19.9 Å². The number of rotatable bonds is 2. The Kier molecular flexibility index (Phi) is 3.26.